The van der Waals surface area contributed by atoms with Gasteiger partial charge in [0.25, 0.3) is 0 Å². The third-order valence-electron chi connectivity index (χ3n) is 9.78. The fourth-order valence-corrected chi connectivity index (χ4v) is 8.45. The van der Waals surface area contributed by atoms with Crippen LogP contribution < -0.4 is 16.0 Å². The Kier molecular flexibility index (Phi) is 7.73. The van der Waals surface area contributed by atoms with E-state index in [2.05, 4.69) is 20.9 Å². The molecule has 3 amide bonds. The second-order valence-corrected chi connectivity index (χ2v) is 13.8. The molecule has 4 aliphatic carbocycles. The minimum atomic E-state index is -1.19. The van der Waals surface area contributed by atoms with Gasteiger partial charge in [-0.25, -0.2) is 14.6 Å². The maximum absolute atomic E-state index is 13.9. The Morgan fingerprint density at radius 2 is 1.72 bits per heavy atom. The highest BCUT2D eigenvalue weighted by Gasteiger charge is 2.51. The number of aryl methyl sites for hydroxylation is 2. The third-order valence-corrected chi connectivity index (χ3v) is 9.78. The highest BCUT2D eigenvalue weighted by atomic mass is 16.4. The molecule has 4 fully saturated rings. The van der Waals surface area contributed by atoms with Crippen LogP contribution in [0.4, 0.5) is 4.79 Å². The molecule has 43 heavy (non-hydrogen) atoms. The second kappa shape index (κ2) is 11.4. The maximum Gasteiger partial charge on any atom is 0.358 e. The molecule has 2 aromatic heterocycles. The zero-order chi connectivity index (χ0) is 30.5. The lowest BCUT2D eigenvalue weighted by Crippen LogP contribution is -2.63. The van der Waals surface area contributed by atoms with E-state index in [1.54, 1.807) is 6.92 Å². The summed E-state index contributed by atoms with van der Waals surface area (Å²) in [5.41, 5.74) is 1.65. The number of carbonyl (C=O) groups excluding carboxylic acids is 2. The molecule has 0 unspecified atom stereocenters. The van der Waals surface area contributed by atoms with Crippen LogP contribution in [0.1, 0.15) is 92.5 Å². The lowest BCUT2D eigenvalue weighted by atomic mass is 9.53. The van der Waals surface area contributed by atoms with E-state index >= 15 is 0 Å². The van der Waals surface area contributed by atoms with E-state index in [0.717, 1.165) is 35.7 Å². The number of benzene rings is 1. The molecule has 0 radical (unpaired) electrons. The molecule has 2 heterocycles. The maximum atomic E-state index is 13.9. The molecule has 4 saturated carbocycles. The number of oxazole rings is 1. The number of hydrogen-bond donors (Lipinski definition) is 4. The summed E-state index contributed by atoms with van der Waals surface area (Å²) in [7, 11) is 1.96. The monoisotopic (exact) mass is 589 g/mol. The first-order chi connectivity index (χ1) is 20.5. The lowest BCUT2D eigenvalue weighted by Gasteiger charge is -2.56. The van der Waals surface area contributed by atoms with Gasteiger partial charge in [0.05, 0.1) is 0 Å². The summed E-state index contributed by atoms with van der Waals surface area (Å²) in [4.78, 5) is 43.4. The Hall–Kier alpha value is -3.82. The molecule has 10 heteroatoms. The Bertz CT molecular complexity index is 1500. The smallest absolute Gasteiger partial charge is 0.358 e. The first-order valence-corrected chi connectivity index (χ1v) is 15.6. The predicted molar refractivity (Wildman–Crippen MR) is 162 cm³/mol. The Balaban J connectivity index is 1.23. The van der Waals surface area contributed by atoms with Crippen LogP contribution in [0.3, 0.4) is 0 Å². The summed E-state index contributed by atoms with van der Waals surface area (Å²) in [5.74, 6) is 0.970. The van der Waals surface area contributed by atoms with Crippen LogP contribution in [0.15, 0.2) is 34.9 Å². The average molecular weight is 590 g/mol. The van der Waals surface area contributed by atoms with Gasteiger partial charge in [0.1, 0.15) is 17.8 Å². The molecule has 4 aliphatic rings. The summed E-state index contributed by atoms with van der Waals surface area (Å²) >= 11 is 0. The van der Waals surface area contributed by atoms with Crippen molar-refractivity contribution in [1.29, 1.82) is 0 Å². The van der Waals surface area contributed by atoms with Gasteiger partial charge in [-0.05, 0) is 87.2 Å². The first kappa shape index (κ1) is 29.3. The van der Waals surface area contributed by atoms with Crippen molar-refractivity contribution in [2.45, 2.75) is 89.8 Å². The molecular formula is C33H43N5O5. The number of hydrogen-bond acceptors (Lipinski definition) is 5. The van der Waals surface area contributed by atoms with Crippen LogP contribution in [0.5, 0.6) is 0 Å². The number of carboxylic acids is 1. The van der Waals surface area contributed by atoms with Crippen molar-refractivity contribution < 1.29 is 23.9 Å². The van der Waals surface area contributed by atoms with Crippen molar-refractivity contribution in [1.82, 2.24) is 25.5 Å². The molecule has 0 spiro atoms. The number of fused-ring (bicyclic) bond motifs is 1. The number of nitrogens with one attached hydrogen (secondary N) is 3. The normalized spacial score (nSPS) is 25.6. The minimum absolute atomic E-state index is 0.123. The number of amides is 3. The summed E-state index contributed by atoms with van der Waals surface area (Å²) in [6, 6.07) is 6.15. The number of urea groups is 1. The van der Waals surface area contributed by atoms with Gasteiger partial charge in [0.15, 0.2) is 5.69 Å². The SMILES string of the molecule is Cc1oc([C@@H](Cc2cn(C)c3ccccc23)NC(=O)[C@H](CC(C)C)NC(=O)NC23CC4CC(CC(C4)C2)C3)nc1C(=O)O. The molecule has 230 valence electrons. The fraction of sp³-hybridized carbons (Fsp3) is 0.576. The molecule has 1 aromatic carbocycles. The number of rotatable bonds is 10. The van der Waals surface area contributed by atoms with Crippen LogP contribution in [0, 0.1) is 30.6 Å². The number of para-hydroxylation sites is 1. The summed E-state index contributed by atoms with van der Waals surface area (Å²) in [6.45, 7) is 5.58. The van der Waals surface area contributed by atoms with Gasteiger partial charge in [-0.2, -0.15) is 0 Å². The molecule has 0 saturated heterocycles. The topological polar surface area (TPSA) is 138 Å². The van der Waals surface area contributed by atoms with Crippen LogP contribution >= 0.6 is 0 Å². The Morgan fingerprint density at radius 3 is 2.33 bits per heavy atom. The van der Waals surface area contributed by atoms with E-state index in [1.807, 2.05) is 55.9 Å². The second-order valence-electron chi connectivity index (χ2n) is 13.8. The van der Waals surface area contributed by atoms with Crippen molar-refractivity contribution in [3.63, 3.8) is 0 Å². The molecule has 4 N–H and O–H groups in total. The van der Waals surface area contributed by atoms with Gasteiger partial charge in [0, 0.05) is 36.1 Å². The molecule has 10 nitrogen and oxygen atoms in total. The van der Waals surface area contributed by atoms with Gasteiger partial charge in [-0.15, -0.1) is 0 Å². The lowest BCUT2D eigenvalue weighted by molar-refractivity contribution is -0.124. The summed E-state index contributed by atoms with van der Waals surface area (Å²) < 4.78 is 7.84. The average Bonchev–Trinajstić information content (AvgIpc) is 3.46. The van der Waals surface area contributed by atoms with E-state index in [0.29, 0.717) is 30.6 Å². The predicted octanol–water partition coefficient (Wildman–Crippen LogP) is 5.26. The molecule has 3 aromatic rings. The van der Waals surface area contributed by atoms with E-state index in [4.69, 9.17) is 4.42 Å². The van der Waals surface area contributed by atoms with Gasteiger partial charge < -0.3 is 30.0 Å². The number of carbonyl (C=O) groups is 3. The zero-order valence-electron chi connectivity index (χ0n) is 25.5. The molecule has 2 atom stereocenters. The molecule has 4 bridgehead atoms. The number of nitrogens with zero attached hydrogens (tertiary/aromatic N) is 2. The highest BCUT2D eigenvalue weighted by Crippen LogP contribution is 2.55. The standard InChI is InChI=1S/C33H43N5O5/c1-18(2)9-25(35-32(42)37-33-14-20-10-21(15-33)12-22(11-20)16-33)29(39)34-26(30-36-28(31(40)41)19(3)43-30)13-23-17-38(4)27-8-6-5-7-24(23)27/h5-8,17-18,20-22,25-26H,9-16H2,1-4H3,(H,34,39)(H,40,41)(H2,35,37,42)/t20?,21?,22?,25-,26+,33?/m0/s1. The number of aromatic nitrogens is 2. The fourth-order valence-electron chi connectivity index (χ4n) is 8.45. The van der Waals surface area contributed by atoms with Crippen LogP contribution in [0.2, 0.25) is 0 Å². The Labute approximate surface area is 252 Å². The third kappa shape index (κ3) is 6.01. The molecular weight excluding hydrogens is 546 g/mol. The van der Waals surface area contributed by atoms with Crippen molar-refractivity contribution in [3.8, 4) is 0 Å². The van der Waals surface area contributed by atoms with Gasteiger partial charge in [-0.1, -0.05) is 32.0 Å². The number of aromatic carboxylic acids is 1. The van der Waals surface area contributed by atoms with E-state index in [9.17, 15) is 19.5 Å². The molecule has 0 aliphatic heterocycles. The van der Waals surface area contributed by atoms with Gasteiger partial charge in [-0.3, -0.25) is 4.79 Å². The number of carboxylic acid groups (broad SMARTS) is 1. The zero-order valence-corrected chi connectivity index (χ0v) is 25.5. The minimum Gasteiger partial charge on any atom is -0.476 e. The summed E-state index contributed by atoms with van der Waals surface area (Å²) in [6.07, 6.45) is 9.70. The Morgan fingerprint density at radius 1 is 1.07 bits per heavy atom. The van der Waals surface area contributed by atoms with Crippen molar-refractivity contribution >= 4 is 28.8 Å². The first-order valence-electron chi connectivity index (χ1n) is 15.6. The molecule has 7 rings (SSSR count). The van der Waals surface area contributed by atoms with Crippen LogP contribution in [-0.4, -0.2) is 44.1 Å². The van der Waals surface area contributed by atoms with E-state index in [1.165, 1.54) is 19.3 Å². The summed E-state index contributed by atoms with van der Waals surface area (Å²) in [5, 5.41) is 20.0. The largest absolute Gasteiger partial charge is 0.476 e. The van der Waals surface area contributed by atoms with Gasteiger partial charge in [0.2, 0.25) is 11.8 Å². The van der Waals surface area contributed by atoms with E-state index < -0.39 is 18.1 Å². The van der Waals surface area contributed by atoms with Gasteiger partial charge >= 0.3 is 12.0 Å². The van der Waals surface area contributed by atoms with Crippen molar-refractivity contribution in [3.05, 3.63) is 53.4 Å². The highest BCUT2D eigenvalue weighted by molar-refractivity contribution is 5.88. The van der Waals surface area contributed by atoms with Crippen molar-refractivity contribution in [2.75, 3.05) is 0 Å². The van der Waals surface area contributed by atoms with Crippen LogP contribution in [-0.2, 0) is 18.3 Å². The van der Waals surface area contributed by atoms with E-state index in [-0.39, 0.29) is 40.7 Å². The quantitative estimate of drug-likeness (QED) is 0.255. The van der Waals surface area contributed by atoms with Crippen LogP contribution in [0.25, 0.3) is 10.9 Å². The van der Waals surface area contributed by atoms with Crippen molar-refractivity contribution in [2.24, 2.45) is 30.7 Å².